The molecule has 1 saturated carbocycles. The first-order chi connectivity index (χ1) is 17.8. The Bertz CT molecular complexity index is 1300. The van der Waals surface area contributed by atoms with Gasteiger partial charge in [-0.3, -0.25) is 24.1 Å². The molecule has 1 amide bonds. The quantitative estimate of drug-likeness (QED) is 0.172. The maximum Gasteiger partial charge on any atom is 0.304 e. The van der Waals surface area contributed by atoms with Crippen molar-refractivity contribution in [3.8, 4) is 5.75 Å². The van der Waals surface area contributed by atoms with Crippen molar-refractivity contribution in [1.29, 1.82) is 0 Å². The number of hydrogen-bond donors (Lipinski definition) is 7. The van der Waals surface area contributed by atoms with E-state index in [4.69, 9.17) is 10.8 Å². The van der Waals surface area contributed by atoms with E-state index >= 15 is 0 Å². The van der Waals surface area contributed by atoms with Crippen LogP contribution in [0.4, 0.5) is 0 Å². The summed E-state index contributed by atoms with van der Waals surface area (Å²) in [5.41, 5.74) is 1.10. The first-order valence-electron chi connectivity index (χ1n) is 11.7. The lowest BCUT2D eigenvalue weighted by molar-refractivity contribution is -0.169. The Labute approximate surface area is 221 Å². The molecule has 0 saturated heterocycles. The molecule has 2 unspecified atom stereocenters. The highest BCUT2D eigenvalue weighted by Crippen LogP contribution is 2.56. The van der Waals surface area contributed by atoms with E-state index < -0.39 is 81.6 Å². The van der Waals surface area contributed by atoms with E-state index in [1.54, 1.807) is 6.07 Å². The Morgan fingerprint density at radius 3 is 2.39 bits per heavy atom. The highest BCUT2D eigenvalue weighted by atomic mass is 32.2. The van der Waals surface area contributed by atoms with Gasteiger partial charge in [0.15, 0.2) is 11.4 Å². The first-order valence-corrected chi connectivity index (χ1v) is 12.9. The van der Waals surface area contributed by atoms with Crippen LogP contribution in [-0.2, 0) is 19.2 Å². The minimum Gasteiger partial charge on any atom is -0.508 e. The molecule has 0 aliphatic heterocycles. The number of fused-ring (bicyclic) bond motifs is 3. The van der Waals surface area contributed by atoms with E-state index in [0.29, 0.717) is 5.56 Å². The van der Waals surface area contributed by atoms with Crippen molar-refractivity contribution in [2.45, 2.75) is 30.1 Å². The number of nitrogens with two attached hydrogens (primary N) is 1. The number of nitrogens with zero attached hydrogens (tertiary/aromatic N) is 1. The van der Waals surface area contributed by atoms with Crippen molar-refractivity contribution >= 4 is 41.0 Å². The maximum absolute atomic E-state index is 14.0. The van der Waals surface area contributed by atoms with Crippen LogP contribution in [0.2, 0.25) is 0 Å². The molecule has 1 aromatic rings. The van der Waals surface area contributed by atoms with Gasteiger partial charge in [0.05, 0.1) is 30.0 Å². The molecule has 4 rings (SSSR count). The summed E-state index contributed by atoms with van der Waals surface area (Å²) in [7, 11) is 2.86. The smallest absolute Gasteiger partial charge is 0.304 e. The number of thioether (sulfide) groups is 1. The molecule has 13 heteroatoms. The van der Waals surface area contributed by atoms with Crippen molar-refractivity contribution in [3.05, 3.63) is 46.2 Å². The zero-order valence-corrected chi connectivity index (χ0v) is 21.3. The van der Waals surface area contributed by atoms with Gasteiger partial charge in [-0.1, -0.05) is 12.1 Å². The number of aliphatic hydroxyl groups is 4. The topological polar surface area (TPSA) is 219 Å². The van der Waals surface area contributed by atoms with Crippen molar-refractivity contribution in [1.82, 2.24) is 4.90 Å². The molecule has 3 aliphatic rings. The lowest BCUT2D eigenvalue weighted by Crippen LogP contribution is -2.70. The van der Waals surface area contributed by atoms with Crippen LogP contribution in [0, 0.1) is 11.8 Å². The third kappa shape index (κ3) is 3.88. The number of carbonyl (C=O) groups is 4. The second-order valence-electron chi connectivity index (χ2n) is 9.83. The molecule has 0 heterocycles. The van der Waals surface area contributed by atoms with Crippen LogP contribution >= 0.6 is 11.8 Å². The fourth-order valence-electron chi connectivity index (χ4n) is 5.96. The lowest BCUT2D eigenvalue weighted by atomic mass is 9.54. The van der Waals surface area contributed by atoms with Crippen LogP contribution < -0.4 is 5.73 Å². The predicted molar refractivity (Wildman–Crippen MR) is 134 cm³/mol. The molecule has 8 N–H and O–H groups in total. The minimum atomic E-state index is -2.99. The molecule has 204 valence electrons. The SMILES string of the molecule is CN(C)[C@@H]1C(=O)C(C(N)=O)=C(O)[C@@]2(O)C(=O)C3=C(O)c4c(O)cccc4[C@H](CSCCC(=O)O)C3[C@H](O)C12. The highest BCUT2D eigenvalue weighted by molar-refractivity contribution is 7.99. The Hall–Kier alpha value is -3.39. The van der Waals surface area contributed by atoms with Crippen LogP contribution in [-0.4, -0.2) is 102 Å². The molecule has 12 nitrogen and oxygen atoms in total. The van der Waals surface area contributed by atoms with Gasteiger partial charge >= 0.3 is 5.97 Å². The van der Waals surface area contributed by atoms with Gasteiger partial charge in [-0.05, 0) is 25.7 Å². The molecule has 0 bridgehead atoms. The number of amides is 1. The number of aromatic hydroxyl groups is 1. The highest BCUT2D eigenvalue weighted by Gasteiger charge is 2.68. The van der Waals surface area contributed by atoms with Crippen LogP contribution in [0.15, 0.2) is 35.1 Å². The standard InChI is InChI=1S/C25H28N2O10S/c1-27(2)18-17-20(32)14-10(8-38-7-6-12(29)30)9-4-3-5-11(28)13(9)19(31)15(14)22(34)25(17,37)23(35)16(21(18)33)24(26)36/h3-5,10,14,17-18,20,28,31-32,35,37H,6-8H2,1-2H3,(H2,26,36)(H,29,30)/t10-,14?,17?,18-,20-,25-/m0/s1. The molecule has 3 aliphatic carbocycles. The average Bonchev–Trinajstić information content (AvgIpc) is 2.82. The summed E-state index contributed by atoms with van der Waals surface area (Å²) in [4.78, 5) is 51.6. The van der Waals surface area contributed by atoms with E-state index in [2.05, 4.69) is 0 Å². The largest absolute Gasteiger partial charge is 0.508 e. The molecule has 1 fully saturated rings. The number of benzene rings is 1. The van der Waals surface area contributed by atoms with Gasteiger partial charge in [0, 0.05) is 28.9 Å². The number of hydrogen-bond acceptors (Lipinski definition) is 11. The summed E-state index contributed by atoms with van der Waals surface area (Å²) in [6.07, 6.45) is -1.87. The number of likely N-dealkylation sites (N-methyl/N-ethyl adjacent to an activating group) is 1. The van der Waals surface area contributed by atoms with E-state index in [9.17, 15) is 44.7 Å². The summed E-state index contributed by atoms with van der Waals surface area (Å²) in [5.74, 6) is -10.4. The molecule has 6 atom stereocenters. The van der Waals surface area contributed by atoms with Gasteiger partial charge in [-0.25, -0.2) is 0 Å². The number of carboxylic acids is 1. The summed E-state index contributed by atoms with van der Waals surface area (Å²) in [5, 5.41) is 65.1. The van der Waals surface area contributed by atoms with Gasteiger partial charge in [-0.2, -0.15) is 11.8 Å². The maximum atomic E-state index is 14.0. The number of aliphatic hydroxyl groups excluding tert-OH is 3. The molecule has 1 aromatic carbocycles. The molecule has 0 spiro atoms. The van der Waals surface area contributed by atoms with Gasteiger partial charge in [0.1, 0.15) is 22.8 Å². The number of phenols is 1. The summed E-state index contributed by atoms with van der Waals surface area (Å²) < 4.78 is 0. The molecule has 38 heavy (non-hydrogen) atoms. The average molecular weight is 549 g/mol. The fraction of sp³-hybridized carbons (Fsp3) is 0.440. The van der Waals surface area contributed by atoms with E-state index in [0.717, 1.165) is 0 Å². The van der Waals surface area contributed by atoms with E-state index in [1.165, 1.54) is 42.9 Å². The zero-order valence-electron chi connectivity index (χ0n) is 20.5. The number of primary amides is 1. The second-order valence-corrected chi connectivity index (χ2v) is 11.0. The second kappa shape index (κ2) is 9.73. The predicted octanol–water partition coefficient (Wildman–Crippen LogP) is -0.316. The number of aliphatic carboxylic acids is 1. The van der Waals surface area contributed by atoms with Gasteiger partial charge in [-0.15, -0.1) is 0 Å². The number of Topliss-reactive ketones (excluding diaryl/α,β-unsaturated/α-hetero) is 2. The van der Waals surface area contributed by atoms with Gasteiger partial charge in [0.25, 0.3) is 5.91 Å². The van der Waals surface area contributed by atoms with Crippen LogP contribution in [0.3, 0.4) is 0 Å². The van der Waals surface area contributed by atoms with Crippen LogP contribution in [0.25, 0.3) is 5.76 Å². The van der Waals surface area contributed by atoms with Crippen LogP contribution in [0.1, 0.15) is 23.5 Å². The molecule has 0 radical (unpaired) electrons. The first kappa shape index (κ1) is 27.6. The molecule has 0 aromatic heterocycles. The van der Waals surface area contributed by atoms with Crippen molar-refractivity contribution in [2.75, 3.05) is 25.6 Å². The van der Waals surface area contributed by atoms with Crippen LogP contribution in [0.5, 0.6) is 5.75 Å². The number of ketones is 2. The third-order valence-corrected chi connectivity index (χ3v) is 8.64. The van der Waals surface area contributed by atoms with Crippen molar-refractivity contribution in [2.24, 2.45) is 17.6 Å². The number of phenolic OH excluding ortho intramolecular Hbond substituents is 1. The Morgan fingerprint density at radius 1 is 1.16 bits per heavy atom. The fourth-order valence-corrected chi connectivity index (χ4v) is 7.09. The summed E-state index contributed by atoms with van der Waals surface area (Å²) in [6, 6.07) is 2.91. The number of rotatable bonds is 7. The Kier molecular flexibility index (Phi) is 7.08. The van der Waals surface area contributed by atoms with E-state index in [-0.39, 0.29) is 29.2 Å². The number of carboxylic acid groups (broad SMARTS) is 1. The Morgan fingerprint density at radius 2 is 1.82 bits per heavy atom. The third-order valence-electron chi connectivity index (χ3n) is 7.56. The minimum absolute atomic E-state index is 0.111. The normalized spacial score (nSPS) is 30.7. The monoisotopic (exact) mass is 548 g/mol. The van der Waals surface area contributed by atoms with Gasteiger partial charge in [0.2, 0.25) is 5.78 Å². The molecular formula is C25H28N2O10S. The van der Waals surface area contributed by atoms with Gasteiger partial charge < -0.3 is 36.4 Å². The summed E-state index contributed by atoms with van der Waals surface area (Å²) in [6.45, 7) is 0. The summed E-state index contributed by atoms with van der Waals surface area (Å²) >= 11 is 1.21. The zero-order chi connectivity index (χ0) is 28.3. The van der Waals surface area contributed by atoms with Crippen molar-refractivity contribution < 1.29 is 49.8 Å². The Balaban J connectivity index is 1.96. The van der Waals surface area contributed by atoms with E-state index in [1.807, 2.05) is 0 Å². The lowest BCUT2D eigenvalue weighted by Gasteiger charge is -2.54. The number of carbonyl (C=O) groups excluding carboxylic acids is 3. The van der Waals surface area contributed by atoms with Crippen molar-refractivity contribution in [3.63, 3.8) is 0 Å². The molecular weight excluding hydrogens is 520 g/mol.